The van der Waals surface area contributed by atoms with Gasteiger partial charge in [-0.15, -0.1) is 16.9 Å². The largest absolute Gasteiger partial charge is 0.381 e. The van der Waals surface area contributed by atoms with Gasteiger partial charge in [0.2, 0.25) is 0 Å². The summed E-state index contributed by atoms with van der Waals surface area (Å²) in [5.74, 6) is 1.44. The molecule has 138 valence electrons. The average molecular weight is 374 g/mol. The second kappa shape index (κ2) is 7.48. The van der Waals surface area contributed by atoms with Gasteiger partial charge in [0.05, 0.1) is 17.1 Å². The van der Waals surface area contributed by atoms with E-state index in [0.717, 1.165) is 43.2 Å². The average Bonchev–Trinajstić information content (AvgIpc) is 3.24. The molecule has 2 aliphatic rings. The van der Waals surface area contributed by atoms with Crippen LogP contribution in [0, 0.1) is 24.6 Å². The molecular formula is C19H23FN4OS. The number of hydrogen-bond donors (Lipinski definition) is 0. The molecular weight excluding hydrogens is 351 g/mol. The molecule has 2 atom stereocenters. The third-order valence-electron chi connectivity index (χ3n) is 5.36. The maximum atomic E-state index is 14.6. The van der Waals surface area contributed by atoms with E-state index >= 15 is 0 Å². The van der Waals surface area contributed by atoms with Crippen LogP contribution >= 0.6 is 11.8 Å². The van der Waals surface area contributed by atoms with Gasteiger partial charge in [-0.05, 0) is 43.7 Å². The first-order valence-corrected chi connectivity index (χ1v) is 10.0. The number of pyridine rings is 1. The molecule has 0 bridgehead atoms. The molecule has 4 heterocycles. The van der Waals surface area contributed by atoms with E-state index in [1.165, 1.54) is 11.0 Å². The lowest BCUT2D eigenvalue weighted by Gasteiger charge is -2.33. The summed E-state index contributed by atoms with van der Waals surface area (Å²) >= 11 is 1.81. The third kappa shape index (κ3) is 3.30. The number of nitrogens with zero attached hydrogens (tertiary/aromatic N) is 4. The molecule has 4 rings (SSSR count). The number of allylic oxidation sites excluding steroid dienone is 1. The van der Waals surface area contributed by atoms with Crippen LogP contribution in [0.25, 0.3) is 4.91 Å². The van der Waals surface area contributed by atoms with Crippen LogP contribution in [0.4, 0.5) is 4.39 Å². The smallest absolute Gasteiger partial charge is 0.145 e. The van der Waals surface area contributed by atoms with Gasteiger partial charge in [-0.1, -0.05) is 11.3 Å². The fourth-order valence-corrected chi connectivity index (χ4v) is 5.49. The quantitative estimate of drug-likeness (QED) is 0.819. The minimum Gasteiger partial charge on any atom is -0.381 e. The fraction of sp³-hybridized carbons (Fsp3) is 0.526. The molecule has 5 nitrogen and oxygen atoms in total. The van der Waals surface area contributed by atoms with Gasteiger partial charge in [0.15, 0.2) is 0 Å². The predicted molar refractivity (Wildman–Crippen MR) is 100 cm³/mol. The Labute approximate surface area is 157 Å². The summed E-state index contributed by atoms with van der Waals surface area (Å²) in [6, 6.07) is 3.19. The Kier molecular flexibility index (Phi) is 5.09. The number of rotatable bonds is 4. The van der Waals surface area contributed by atoms with E-state index in [9.17, 15) is 4.39 Å². The molecule has 0 N–H and O–H groups in total. The van der Waals surface area contributed by atoms with Gasteiger partial charge in [0.25, 0.3) is 0 Å². The van der Waals surface area contributed by atoms with Crippen molar-refractivity contribution in [2.45, 2.75) is 25.7 Å². The van der Waals surface area contributed by atoms with Gasteiger partial charge in [0, 0.05) is 43.0 Å². The highest BCUT2D eigenvalue weighted by Gasteiger charge is 2.37. The van der Waals surface area contributed by atoms with Crippen LogP contribution in [0.1, 0.15) is 35.8 Å². The number of aromatic nitrogens is 4. The molecule has 1 fully saturated rings. The maximum absolute atomic E-state index is 14.6. The Morgan fingerprint density at radius 3 is 2.85 bits per heavy atom. The van der Waals surface area contributed by atoms with Gasteiger partial charge in [-0.3, -0.25) is 4.98 Å². The van der Waals surface area contributed by atoms with Gasteiger partial charge < -0.3 is 4.74 Å². The summed E-state index contributed by atoms with van der Waals surface area (Å²) in [5, 5.41) is 8.28. The Balaban J connectivity index is 1.69. The second-order valence-electron chi connectivity index (χ2n) is 7.00. The molecule has 0 radical (unpaired) electrons. The monoisotopic (exact) mass is 374 g/mol. The van der Waals surface area contributed by atoms with Crippen molar-refractivity contribution < 1.29 is 9.13 Å². The Bertz CT molecular complexity index is 796. The van der Waals surface area contributed by atoms with E-state index in [1.807, 2.05) is 30.4 Å². The molecule has 2 aromatic rings. The first kappa shape index (κ1) is 17.7. The summed E-state index contributed by atoms with van der Waals surface area (Å²) in [7, 11) is 1.92. The SMILES string of the molecule is Cc1nnn(C)c1C1=CC(C(c2ncccc2F)C2CCOCC2)CS1. The molecule has 2 aliphatic heterocycles. The molecule has 0 aromatic carbocycles. The van der Waals surface area contributed by atoms with Crippen molar-refractivity contribution in [1.29, 1.82) is 0 Å². The lowest BCUT2D eigenvalue weighted by molar-refractivity contribution is 0.0529. The van der Waals surface area contributed by atoms with E-state index < -0.39 is 0 Å². The lowest BCUT2D eigenvalue weighted by Crippen LogP contribution is -2.28. The fourth-order valence-electron chi connectivity index (χ4n) is 4.12. The summed E-state index contributed by atoms with van der Waals surface area (Å²) in [4.78, 5) is 5.63. The van der Waals surface area contributed by atoms with Crippen molar-refractivity contribution in [2.24, 2.45) is 18.9 Å². The van der Waals surface area contributed by atoms with Crippen LogP contribution in [-0.2, 0) is 11.8 Å². The molecule has 2 aromatic heterocycles. The molecule has 1 saturated heterocycles. The molecule has 0 amide bonds. The Morgan fingerprint density at radius 2 is 2.15 bits per heavy atom. The van der Waals surface area contributed by atoms with E-state index in [2.05, 4.69) is 21.4 Å². The molecule has 0 spiro atoms. The van der Waals surface area contributed by atoms with E-state index in [4.69, 9.17) is 4.74 Å². The van der Waals surface area contributed by atoms with Gasteiger partial charge >= 0.3 is 0 Å². The van der Waals surface area contributed by atoms with Gasteiger partial charge in [0.1, 0.15) is 5.82 Å². The highest BCUT2D eigenvalue weighted by molar-refractivity contribution is 8.08. The zero-order valence-electron chi connectivity index (χ0n) is 15.1. The summed E-state index contributed by atoms with van der Waals surface area (Å²) in [6.07, 6.45) is 5.89. The van der Waals surface area contributed by atoms with E-state index in [-0.39, 0.29) is 17.7 Å². The van der Waals surface area contributed by atoms with Crippen LogP contribution in [0.2, 0.25) is 0 Å². The van der Waals surface area contributed by atoms with Crippen molar-refractivity contribution >= 4 is 16.7 Å². The number of aryl methyl sites for hydroxylation is 2. The van der Waals surface area contributed by atoms with Crippen molar-refractivity contribution in [1.82, 2.24) is 20.0 Å². The molecule has 0 aliphatic carbocycles. The third-order valence-corrected chi connectivity index (χ3v) is 6.56. The normalized spacial score (nSPS) is 22.4. The molecule has 26 heavy (non-hydrogen) atoms. The summed E-state index contributed by atoms with van der Waals surface area (Å²) < 4.78 is 22.0. The molecule has 0 saturated carbocycles. The first-order chi connectivity index (χ1) is 12.6. The van der Waals surface area contributed by atoms with Crippen LogP contribution in [-0.4, -0.2) is 38.9 Å². The van der Waals surface area contributed by atoms with Crippen molar-refractivity contribution in [3.63, 3.8) is 0 Å². The zero-order valence-corrected chi connectivity index (χ0v) is 15.9. The number of thioether (sulfide) groups is 1. The molecule has 7 heteroatoms. The first-order valence-electron chi connectivity index (χ1n) is 9.04. The lowest BCUT2D eigenvalue weighted by atomic mass is 9.76. The van der Waals surface area contributed by atoms with Crippen LogP contribution in [0.5, 0.6) is 0 Å². The van der Waals surface area contributed by atoms with Crippen molar-refractivity contribution in [3.05, 3.63) is 47.3 Å². The van der Waals surface area contributed by atoms with Gasteiger partial charge in [-0.25, -0.2) is 9.07 Å². The predicted octanol–water partition coefficient (Wildman–Crippen LogP) is 3.57. The van der Waals surface area contributed by atoms with Crippen LogP contribution in [0.15, 0.2) is 24.4 Å². The van der Waals surface area contributed by atoms with E-state index in [0.29, 0.717) is 11.6 Å². The molecule has 2 unspecified atom stereocenters. The minimum atomic E-state index is -0.200. The topological polar surface area (TPSA) is 52.8 Å². The zero-order chi connectivity index (χ0) is 18.1. The van der Waals surface area contributed by atoms with E-state index in [1.54, 1.807) is 12.3 Å². The van der Waals surface area contributed by atoms with Crippen molar-refractivity contribution in [2.75, 3.05) is 19.0 Å². The van der Waals surface area contributed by atoms with Crippen LogP contribution in [0.3, 0.4) is 0 Å². The highest BCUT2D eigenvalue weighted by atomic mass is 32.2. The Morgan fingerprint density at radius 1 is 1.35 bits per heavy atom. The summed E-state index contributed by atoms with van der Waals surface area (Å²) in [6.45, 7) is 3.47. The Hall–Kier alpha value is -1.73. The summed E-state index contributed by atoms with van der Waals surface area (Å²) in [5.41, 5.74) is 2.59. The van der Waals surface area contributed by atoms with Gasteiger partial charge in [-0.2, -0.15) is 0 Å². The maximum Gasteiger partial charge on any atom is 0.145 e. The highest BCUT2D eigenvalue weighted by Crippen LogP contribution is 2.47. The van der Waals surface area contributed by atoms with Crippen LogP contribution < -0.4 is 0 Å². The number of ether oxygens (including phenoxy) is 1. The minimum absolute atomic E-state index is 0.0755. The number of hydrogen-bond acceptors (Lipinski definition) is 5. The number of halogens is 1. The van der Waals surface area contributed by atoms with Crippen molar-refractivity contribution in [3.8, 4) is 0 Å². The standard InChI is InChI=1S/C19H23FN4OS/c1-12-19(24(2)23-22-12)16-10-14(11-26-16)17(13-5-8-25-9-6-13)18-15(20)4-3-7-21-18/h3-4,7,10,13-14,17H,5-6,8-9,11H2,1-2H3. The second-order valence-corrected chi connectivity index (χ2v) is 8.06.